The molecule has 0 aromatic rings. The summed E-state index contributed by atoms with van der Waals surface area (Å²) in [6, 6.07) is 0. The highest BCUT2D eigenvalue weighted by Crippen LogP contribution is 2.10. The molecule has 0 amide bonds. The molecule has 0 radical (unpaired) electrons. The second-order valence-electron chi connectivity index (χ2n) is 7.39. The molecule has 0 fully saturated rings. The largest absolute Gasteiger partial charge is 0.481 e. The van der Waals surface area contributed by atoms with Crippen molar-refractivity contribution in [3.05, 3.63) is 0 Å². The second-order valence-corrected chi connectivity index (χ2v) is 7.39. The fraction of sp³-hybridized carbons (Fsp3) is 0.909. The van der Waals surface area contributed by atoms with E-state index in [0.717, 1.165) is 51.4 Å². The lowest BCUT2D eigenvalue weighted by Crippen LogP contribution is -1.94. The summed E-state index contributed by atoms with van der Waals surface area (Å²) in [7, 11) is 0. The summed E-state index contributed by atoms with van der Waals surface area (Å²) in [6.45, 7) is 0.697. The smallest absolute Gasteiger partial charge is 0.303 e. The van der Waals surface area contributed by atoms with E-state index in [4.69, 9.17) is 20.4 Å². The van der Waals surface area contributed by atoms with Gasteiger partial charge in [-0.15, -0.1) is 0 Å². The summed E-state index contributed by atoms with van der Waals surface area (Å²) >= 11 is 0. The molecule has 0 atom stereocenters. The average molecular weight is 405 g/mol. The molecule has 0 aliphatic carbocycles. The number of hydrogen-bond acceptors (Lipinski definition) is 4. The van der Waals surface area contributed by atoms with Gasteiger partial charge >= 0.3 is 11.9 Å². The minimum atomic E-state index is -0.740. The van der Waals surface area contributed by atoms with Crippen LogP contribution in [0.2, 0.25) is 0 Å². The van der Waals surface area contributed by atoms with Gasteiger partial charge in [0, 0.05) is 26.1 Å². The maximum Gasteiger partial charge on any atom is 0.303 e. The van der Waals surface area contributed by atoms with E-state index in [1.165, 1.54) is 51.4 Å². The van der Waals surface area contributed by atoms with E-state index >= 15 is 0 Å². The van der Waals surface area contributed by atoms with Crippen molar-refractivity contribution in [2.75, 3.05) is 13.2 Å². The Morgan fingerprint density at radius 2 is 0.607 bits per heavy atom. The van der Waals surface area contributed by atoms with Crippen LogP contribution in [0, 0.1) is 0 Å². The number of hydrogen-bond donors (Lipinski definition) is 4. The average Bonchev–Trinajstić information content (AvgIpc) is 2.65. The van der Waals surface area contributed by atoms with Crippen LogP contribution in [-0.4, -0.2) is 45.6 Å². The second kappa shape index (κ2) is 25.9. The van der Waals surface area contributed by atoms with Gasteiger partial charge in [-0.3, -0.25) is 9.59 Å². The van der Waals surface area contributed by atoms with Crippen molar-refractivity contribution >= 4 is 11.9 Å². The molecule has 0 aromatic heterocycles. The highest BCUT2D eigenvalue weighted by molar-refractivity contribution is 5.66. The van der Waals surface area contributed by atoms with E-state index in [1.54, 1.807) is 0 Å². The van der Waals surface area contributed by atoms with Crippen LogP contribution in [-0.2, 0) is 9.59 Å². The highest BCUT2D eigenvalue weighted by Gasteiger charge is 1.98. The van der Waals surface area contributed by atoms with Crippen molar-refractivity contribution in [2.45, 2.75) is 116 Å². The van der Waals surface area contributed by atoms with Crippen LogP contribution in [0.4, 0.5) is 0 Å². The van der Waals surface area contributed by atoms with Gasteiger partial charge in [0.1, 0.15) is 0 Å². The lowest BCUT2D eigenvalue weighted by Gasteiger charge is -2.01. The molecule has 0 saturated carbocycles. The first kappa shape index (κ1) is 29.1. The molecule has 28 heavy (non-hydrogen) atoms. The molecule has 0 heterocycles. The van der Waals surface area contributed by atoms with Crippen molar-refractivity contribution < 1.29 is 30.0 Å². The number of carboxylic acid groups (broad SMARTS) is 2. The predicted octanol–water partition coefficient (Wildman–Crippen LogP) is 5.15. The molecule has 0 spiro atoms. The molecule has 6 nitrogen and oxygen atoms in total. The molecular weight excluding hydrogens is 360 g/mol. The van der Waals surface area contributed by atoms with Gasteiger partial charge in [-0.25, -0.2) is 0 Å². The number of carboxylic acids is 2. The van der Waals surface area contributed by atoms with Gasteiger partial charge in [0.2, 0.25) is 0 Å². The van der Waals surface area contributed by atoms with Gasteiger partial charge in [-0.2, -0.15) is 0 Å². The minimum absolute atomic E-state index is 0.245. The molecule has 0 aliphatic heterocycles. The van der Waals surface area contributed by atoms with Crippen molar-refractivity contribution in [1.82, 2.24) is 0 Å². The van der Waals surface area contributed by atoms with Crippen LogP contribution in [0.15, 0.2) is 0 Å². The van der Waals surface area contributed by atoms with Crippen molar-refractivity contribution in [3.63, 3.8) is 0 Å². The van der Waals surface area contributed by atoms with Gasteiger partial charge in [0.25, 0.3) is 0 Å². The molecule has 0 saturated heterocycles. The van der Waals surface area contributed by atoms with Crippen LogP contribution in [0.1, 0.15) is 116 Å². The number of rotatable bonds is 20. The zero-order valence-electron chi connectivity index (χ0n) is 17.7. The molecule has 0 aromatic carbocycles. The molecular formula is C22H44O6. The summed E-state index contributed by atoms with van der Waals surface area (Å²) in [6.07, 6.45) is 18.0. The fourth-order valence-electron chi connectivity index (χ4n) is 2.90. The van der Waals surface area contributed by atoms with Crippen LogP contribution < -0.4 is 0 Å². The van der Waals surface area contributed by atoms with E-state index in [1.807, 2.05) is 0 Å². The van der Waals surface area contributed by atoms with Crippen LogP contribution in [0.3, 0.4) is 0 Å². The number of aliphatic hydroxyl groups is 2. The van der Waals surface area contributed by atoms with Crippen LogP contribution in [0.25, 0.3) is 0 Å². The zero-order valence-corrected chi connectivity index (χ0v) is 17.7. The number of unbranched alkanes of at least 4 members (excludes halogenated alkanes) is 14. The lowest BCUT2D eigenvalue weighted by atomic mass is 10.1. The van der Waals surface area contributed by atoms with Crippen molar-refractivity contribution in [1.29, 1.82) is 0 Å². The predicted molar refractivity (Wildman–Crippen MR) is 113 cm³/mol. The molecule has 6 heteroatoms. The molecule has 4 N–H and O–H groups in total. The molecule has 0 rings (SSSR count). The third-order valence-electron chi connectivity index (χ3n) is 4.60. The summed E-state index contributed by atoms with van der Waals surface area (Å²) in [5.74, 6) is -1.48. The number of aliphatic carboxylic acids is 2. The first-order valence-electron chi connectivity index (χ1n) is 11.2. The highest BCUT2D eigenvalue weighted by atomic mass is 16.4. The van der Waals surface area contributed by atoms with Crippen LogP contribution in [0.5, 0.6) is 0 Å². The molecule has 0 bridgehead atoms. The fourth-order valence-corrected chi connectivity index (χ4v) is 2.90. The third-order valence-corrected chi connectivity index (χ3v) is 4.60. The molecule has 0 unspecified atom stereocenters. The summed E-state index contributed by atoms with van der Waals surface area (Å²) in [4.78, 5) is 20.3. The summed E-state index contributed by atoms with van der Waals surface area (Å²) in [5, 5.41) is 33.8. The zero-order chi connectivity index (χ0) is 21.3. The van der Waals surface area contributed by atoms with Crippen LogP contribution >= 0.6 is 0 Å². The first-order valence-corrected chi connectivity index (χ1v) is 11.2. The molecule has 168 valence electrons. The van der Waals surface area contributed by atoms with Gasteiger partial charge < -0.3 is 20.4 Å². The Balaban J connectivity index is 0. The number of carbonyl (C=O) groups is 2. The van der Waals surface area contributed by atoms with Gasteiger partial charge in [-0.05, 0) is 25.7 Å². The van der Waals surface area contributed by atoms with Crippen molar-refractivity contribution in [2.24, 2.45) is 0 Å². The van der Waals surface area contributed by atoms with E-state index in [-0.39, 0.29) is 12.8 Å². The molecule has 0 aliphatic rings. The Morgan fingerprint density at radius 1 is 0.393 bits per heavy atom. The Hall–Kier alpha value is -1.14. The standard InChI is InChI=1S/C12H26O2.C10H18O4/c13-11-9-7-5-3-1-2-4-6-8-10-12-14;11-9(12)7-5-3-1-2-4-6-8-10(13)14/h13-14H,1-12H2;1-8H2,(H,11,12)(H,13,14). The Kier molecular flexibility index (Phi) is 26.8. The third kappa shape index (κ3) is 32.5. The Bertz CT molecular complexity index is 301. The Morgan fingerprint density at radius 3 is 0.821 bits per heavy atom. The monoisotopic (exact) mass is 404 g/mol. The lowest BCUT2D eigenvalue weighted by molar-refractivity contribution is -0.138. The van der Waals surface area contributed by atoms with E-state index in [9.17, 15) is 9.59 Å². The summed E-state index contributed by atoms with van der Waals surface area (Å²) < 4.78 is 0. The summed E-state index contributed by atoms with van der Waals surface area (Å²) in [5.41, 5.74) is 0. The van der Waals surface area contributed by atoms with Gasteiger partial charge in [0.15, 0.2) is 0 Å². The maximum absolute atomic E-state index is 10.1. The number of aliphatic hydroxyl groups excluding tert-OH is 2. The topological polar surface area (TPSA) is 115 Å². The SMILES string of the molecule is O=C(O)CCCCCCCCC(=O)O.OCCCCCCCCCCCCO. The van der Waals surface area contributed by atoms with Gasteiger partial charge in [0.05, 0.1) is 0 Å². The first-order chi connectivity index (χ1) is 13.5. The van der Waals surface area contributed by atoms with Crippen molar-refractivity contribution in [3.8, 4) is 0 Å². The quantitative estimate of drug-likeness (QED) is 0.209. The maximum atomic E-state index is 10.1. The van der Waals surface area contributed by atoms with E-state index < -0.39 is 11.9 Å². The Labute approximate surface area is 171 Å². The van der Waals surface area contributed by atoms with Gasteiger partial charge in [-0.1, -0.05) is 77.0 Å². The van der Waals surface area contributed by atoms with E-state index in [0.29, 0.717) is 13.2 Å². The minimum Gasteiger partial charge on any atom is -0.481 e. The normalized spacial score (nSPS) is 10.4. The van der Waals surface area contributed by atoms with E-state index in [2.05, 4.69) is 0 Å².